The predicted octanol–water partition coefficient (Wildman–Crippen LogP) is 2.53. The SMILES string of the molecule is O=C(CNc1ccc(N2CCCC2=O)cc1)NC(C1CC1)C1CC1. The summed E-state index contributed by atoms with van der Waals surface area (Å²) in [5, 5.41) is 6.40. The zero-order valence-corrected chi connectivity index (χ0v) is 14.0. The van der Waals surface area contributed by atoms with E-state index in [-0.39, 0.29) is 11.8 Å². The maximum atomic E-state index is 12.2. The zero-order valence-electron chi connectivity index (χ0n) is 14.0. The minimum absolute atomic E-state index is 0.0811. The Bertz CT molecular complexity index is 608. The molecule has 1 heterocycles. The van der Waals surface area contributed by atoms with Gasteiger partial charge in [0.1, 0.15) is 0 Å². The van der Waals surface area contributed by atoms with Crippen LogP contribution in [0.5, 0.6) is 0 Å². The van der Waals surface area contributed by atoms with E-state index < -0.39 is 0 Å². The molecule has 5 heteroatoms. The molecule has 2 amide bonds. The van der Waals surface area contributed by atoms with Crippen molar-refractivity contribution in [3.8, 4) is 0 Å². The molecule has 3 aliphatic rings. The highest BCUT2D eigenvalue weighted by Gasteiger charge is 2.42. The fourth-order valence-corrected chi connectivity index (χ4v) is 3.63. The van der Waals surface area contributed by atoms with Gasteiger partial charge in [0.25, 0.3) is 0 Å². The van der Waals surface area contributed by atoms with Gasteiger partial charge in [0, 0.05) is 30.4 Å². The molecule has 1 saturated heterocycles. The quantitative estimate of drug-likeness (QED) is 0.809. The summed E-state index contributed by atoms with van der Waals surface area (Å²) in [4.78, 5) is 25.8. The van der Waals surface area contributed by atoms with Crippen molar-refractivity contribution >= 4 is 23.2 Å². The van der Waals surface area contributed by atoms with E-state index in [4.69, 9.17) is 0 Å². The molecule has 0 unspecified atom stereocenters. The lowest BCUT2D eigenvalue weighted by Gasteiger charge is -2.18. The number of hydrogen-bond donors (Lipinski definition) is 2. The van der Waals surface area contributed by atoms with E-state index in [0.29, 0.717) is 19.0 Å². The summed E-state index contributed by atoms with van der Waals surface area (Å²) in [6, 6.07) is 8.17. The smallest absolute Gasteiger partial charge is 0.239 e. The minimum atomic E-state index is 0.0811. The van der Waals surface area contributed by atoms with Gasteiger partial charge in [0.15, 0.2) is 0 Å². The molecule has 2 N–H and O–H groups in total. The predicted molar refractivity (Wildman–Crippen MR) is 93.9 cm³/mol. The number of carbonyl (C=O) groups excluding carboxylic acids is 2. The Morgan fingerprint density at radius 2 is 1.79 bits per heavy atom. The van der Waals surface area contributed by atoms with Crippen LogP contribution in [-0.2, 0) is 9.59 Å². The zero-order chi connectivity index (χ0) is 16.5. The van der Waals surface area contributed by atoms with Crippen LogP contribution in [0.15, 0.2) is 24.3 Å². The van der Waals surface area contributed by atoms with E-state index in [1.165, 1.54) is 25.7 Å². The van der Waals surface area contributed by atoms with Crippen molar-refractivity contribution in [3.63, 3.8) is 0 Å². The van der Waals surface area contributed by atoms with Crippen LogP contribution in [0.4, 0.5) is 11.4 Å². The summed E-state index contributed by atoms with van der Waals surface area (Å²) < 4.78 is 0. The van der Waals surface area contributed by atoms with Crippen LogP contribution >= 0.6 is 0 Å². The molecule has 0 spiro atoms. The second kappa shape index (κ2) is 6.46. The molecule has 0 aromatic heterocycles. The van der Waals surface area contributed by atoms with Gasteiger partial charge in [-0.15, -0.1) is 0 Å². The van der Waals surface area contributed by atoms with E-state index in [2.05, 4.69) is 10.6 Å². The molecule has 0 bridgehead atoms. The highest BCUT2D eigenvalue weighted by molar-refractivity contribution is 5.95. The first-order valence-electron chi connectivity index (χ1n) is 9.14. The van der Waals surface area contributed by atoms with E-state index >= 15 is 0 Å². The van der Waals surface area contributed by atoms with Crippen molar-refractivity contribution in [2.75, 3.05) is 23.3 Å². The van der Waals surface area contributed by atoms with Crippen molar-refractivity contribution in [1.29, 1.82) is 0 Å². The van der Waals surface area contributed by atoms with E-state index in [1.54, 1.807) is 0 Å². The van der Waals surface area contributed by atoms with Crippen LogP contribution in [0, 0.1) is 11.8 Å². The number of carbonyl (C=O) groups is 2. The average Bonchev–Trinajstić information content (AvgIpc) is 3.51. The largest absolute Gasteiger partial charge is 0.376 e. The molecule has 24 heavy (non-hydrogen) atoms. The summed E-state index contributed by atoms with van der Waals surface area (Å²) in [6.07, 6.45) is 6.65. The molecule has 5 nitrogen and oxygen atoms in total. The van der Waals surface area contributed by atoms with Gasteiger partial charge in [-0.3, -0.25) is 9.59 Å². The normalized spacial score (nSPS) is 20.5. The first kappa shape index (κ1) is 15.5. The maximum absolute atomic E-state index is 12.2. The summed E-state index contributed by atoms with van der Waals surface area (Å²) in [7, 11) is 0. The van der Waals surface area contributed by atoms with Gasteiger partial charge in [-0.1, -0.05) is 0 Å². The summed E-state index contributed by atoms with van der Waals surface area (Å²) in [5.41, 5.74) is 1.85. The number of benzene rings is 1. The van der Waals surface area contributed by atoms with Gasteiger partial charge in [0.05, 0.1) is 6.54 Å². The third-order valence-electron chi connectivity index (χ3n) is 5.29. The van der Waals surface area contributed by atoms with Crippen LogP contribution in [0.2, 0.25) is 0 Å². The highest BCUT2D eigenvalue weighted by Crippen LogP contribution is 2.44. The molecule has 1 aromatic rings. The molecular weight excluding hydrogens is 302 g/mol. The highest BCUT2D eigenvalue weighted by atomic mass is 16.2. The fourth-order valence-electron chi connectivity index (χ4n) is 3.63. The van der Waals surface area contributed by atoms with Crippen molar-refractivity contribution in [2.24, 2.45) is 11.8 Å². The lowest BCUT2D eigenvalue weighted by Crippen LogP contribution is -2.41. The van der Waals surface area contributed by atoms with E-state index in [1.807, 2.05) is 29.2 Å². The minimum Gasteiger partial charge on any atom is -0.376 e. The number of anilines is 2. The van der Waals surface area contributed by atoms with Gasteiger partial charge in [-0.05, 0) is 68.2 Å². The van der Waals surface area contributed by atoms with E-state index in [9.17, 15) is 9.59 Å². The monoisotopic (exact) mass is 327 g/mol. The van der Waals surface area contributed by atoms with Gasteiger partial charge in [-0.2, -0.15) is 0 Å². The average molecular weight is 327 g/mol. The molecule has 2 aliphatic carbocycles. The molecular formula is C19H25N3O2. The van der Waals surface area contributed by atoms with Crippen LogP contribution in [0.25, 0.3) is 0 Å². The van der Waals surface area contributed by atoms with Gasteiger partial charge >= 0.3 is 0 Å². The Balaban J connectivity index is 1.27. The summed E-state index contributed by atoms with van der Waals surface area (Å²) in [6.45, 7) is 1.11. The first-order valence-corrected chi connectivity index (χ1v) is 9.14. The topological polar surface area (TPSA) is 61.4 Å². The Labute approximate surface area is 142 Å². The summed E-state index contributed by atoms with van der Waals surface area (Å²) in [5.74, 6) is 1.72. The molecule has 2 saturated carbocycles. The Morgan fingerprint density at radius 3 is 2.33 bits per heavy atom. The Morgan fingerprint density at radius 1 is 1.12 bits per heavy atom. The van der Waals surface area contributed by atoms with Crippen molar-refractivity contribution in [3.05, 3.63) is 24.3 Å². The standard InChI is InChI=1S/C19H25N3O2/c23-17(21-19(13-3-4-13)14-5-6-14)12-20-15-7-9-16(10-8-15)22-11-1-2-18(22)24/h7-10,13-14,19-20H,1-6,11-12H2,(H,21,23). The van der Waals surface area contributed by atoms with Gasteiger partial charge < -0.3 is 15.5 Å². The number of hydrogen-bond acceptors (Lipinski definition) is 3. The summed E-state index contributed by atoms with van der Waals surface area (Å²) >= 11 is 0. The van der Waals surface area contributed by atoms with Crippen LogP contribution < -0.4 is 15.5 Å². The van der Waals surface area contributed by atoms with Gasteiger partial charge in [-0.25, -0.2) is 0 Å². The van der Waals surface area contributed by atoms with E-state index in [0.717, 1.165) is 36.2 Å². The Hall–Kier alpha value is -2.04. The fraction of sp³-hybridized carbons (Fsp3) is 0.579. The van der Waals surface area contributed by atoms with Crippen molar-refractivity contribution in [2.45, 2.75) is 44.6 Å². The number of nitrogens with zero attached hydrogens (tertiary/aromatic N) is 1. The molecule has 1 aromatic carbocycles. The van der Waals surface area contributed by atoms with Crippen molar-refractivity contribution < 1.29 is 9.59 Å². The molecule has 128 valence electrons. The van der Waals surface area contributed by atoms with Crippen molar-refractivity contribution in [1.82, 2.24) is 5.32 Å². The lowest BCUT2D eigenvalue weighted by molar-refractivity contribution is -0.120. The number of amides is 2. The third-order valence-corrected chi connectivity index (χ3v) is 5.29. The second-order valence-corrected chi connectivity index (χ2v) is 7.32. The molecule has 0 atom stereocenters. The van der Waals surface area contributed by atoms with Gasteiger partial charge in [0.2, 0.25) is 11.8 Å². The molecule has 1 aliphatic heterocycles. The van der Waals surface area contributed by atoms with Crippen LogP contribution in [0.3, 0.4) is 0 Å². The lowest BCUT2D eigenvalue weighted by atomic mass is 10.1. The molecule has 0 radical (unpaired) electrons. The second-order valence-electron chi connectivity index (χ2n) is 7.32. The maximum Gasteiger partial charge on any atom is 0.239 e. The molecule has 4 rings (SSSR count). The molecule has 3 fully saturated rings. The number of rotatable bonds is 7. The van der Waals surface area contributed by atoms with Crippen LogP contribution in [0.1, 0.15) is 38.5 Å². The Kier molecular flexibility index (Phi) is 4.17. The number of nitrogens with one attached hydrogen (secondary N) is 2. The van der Waals surface area contributed by atoms with Crippen LogP contribution in [-0.4, -0.2) is 30.9 Å². The first-order chi connectivity index (χ1) is 11.7. The third kappa shape index (κ3) is 3.55.